The minimum absolute atomic E-state index is 0.125. The fraction of sp³-hybridized carbons (Fsp3) is 0.273. The highest BCUT2D eigenvalue weighted by molar-refractivity contribution is 7.92. The summed E-state index contributed by atoms with van der Waals surface area (Å²) in [4.78, 5) is 10.3. The Kier molecular flexibility index (Phi) is 6.15. The molecule has 1 aliphatic heterocycles. The van der Waals surface area contributed by atoms with Gasteiger partial charge in [-0.05, 0) is 56.2 Å². The summed E-state index contributed by atoms with van der Waals surface area (Å²) in [6.07, 6.45) is -2.55. The Hall–Kier alpha value is -3.34. The third-order valence-corrected chi connectivity index (χ3v) is 6.59. The van der Waals surface area contributed by atoms with Crippen molar-refractivity contribution in [2.24, 2.45) is 0 Å². The van der Waals surface area contributed by atoms with E-state index in [1.54, 1.807) is 12.1 Å². The molecule has 3 aromatic rings. The second-order valence-electron chi connectivity index (χ2n) is 7.69. The van der Waals surface area contributed by atoms with Crippen molar-refractivity contribution < 1.29 is 21.6 Å². The van der Waals surface area contributed by atoms with Gasteiger partial charge < -0.3 is 10.2 Å². The molecule has 174 valence electrons. The van der Waals surface area contributed by atoms with Crippen molar-refractivity contribution in [3.63, 3.8) is 0 Å². The number of nitrogens with zero attached hydrogens (tertiary/aromatic N) is 3. The predicted octanol–water partition coefficient (Wildman–Crippen LogP) is 4.95. The molecule has 11 heteroatoms. The summed E-state index contributed by atoms with van der Waals surface area (Å²) in [6, 6.07) is 12.1. The van der Waals surface area contributed by atoms with Crippen LogP contribution in [0.5, 0.6) is 0 Å². The first-order chi connectivity index (χ1) is 15.6. The zero-order valence-electron chi connectivity index (χ0n) is 17.7. The zero-order chi connectivity index (χ0) is 23.6. The van der Waals surface area contributed by atoms with Crippen LogP contribution in [0.15, 0.2) is 59.5 Å². The van der Waals surface area contributed by atoms with Crippen molar-refractivity contribution in [2.75, 3.05) is 28.0 Å². The molecule has 2 N–H and O–H groups in total. The molecule has 0 amide bonds. The predicted molar refractivity (Wildman–Crippen MR) is 120 cm³/mol. The van der Waals surface area contributed by atoms with Crippen LogP contribution >= 0.6 is 0 Å². The van der Waals surface area contributed by atoms with Crippen molar-refractivity contribution in [1.29, 1.82) is 0 Å². The lowest BCUT2D eigenvalue weighted by molar-refractivity contribution is -0.139. The van der Waals surface area contributed by atoms with E-state index in [-0.39, 0.29) is 5.69 Å². The third kappa shape index (κ3) is 5.36. The maximum absolute atomic E-state index is 13.2. The molecule has 0 aliphatic carbocycles. The average Bonchev–Trinajstić information content (AvgIpc) is 3.29. The Morgan fingerprint density at radius 2 is 1.58 bits per heavy atom. The number of hydrogen-bond donors (Lipinski definition) is 2. The Morgan fingerprint density at radius 3 is 2.24 bits per heavy atom. The van der Waals surface area contributed by atoms with Crippen LogP contribution in [0.1, 0.15) is 24.1 Å². The maximum atomic E-state index is 13.2. The van der Waals surface area contributed by atoms with Gasteiger partial charge in [0.1, 0.15) is 5.82 Å². The Labute approximate surface area is 189 Å². The molecule has 2 aromatic carbocycles. The van der Waals surface area contributed by atoms with Gasteiger partial charge in [0.15, 0.2) is 0 Å². The highest BCUT2D eigenvalue weighted by atomic mass is 32.2. The van der Waals surface area contributed by atoms with Crippen LogP contribution in [-0.4, -0.2) is 31.5 Å². The maximum Gasteiger partial charge on any atom is 0.417 e. The summed E-state index contributed by atoms with van der Waals surface area (Å²) in [7, 11) is -4.44. The lowest BCUT2D eigenvalue weighted by Crippen LogP contribution is -2.20. The van der Waals surface area contributed by atoms with E-state index in [9.17, 15) is 21.6 Å². The third-order valence-electron chi connectivity index (χ3n) is 5.15. The van der Waals surface area contributed by atoms with Gasteiger partial charge in [-0.15, -0.1) is 0 Å². The summed E-state index contributed by atoms with van der Waals surface area (Å²) in [5.41, 5.74) is 0.315. The van der Waals surface area contributed by atoms with E-state index in [0.717, 1.165) is 55.6 Å². The number of aryl methyl sites for hydroxylation is 1. The molecular weight excluding hydrogens is 455 g/mol. The van der Waals surface area contributed by atoms with E-state index in [0.29, 0.717) is 11.6 Å². The molecule has 0 spiro atoms. The number of alkyl halides is 3. The Morgan fingerprint density at radius 1 is 0.939 bits per heavy atom. The zero-order valence-corrected chi connectivity index (χ0v) is 18.5. The van der Waals surface area contributed by atoms with Crippen molar-refractivity contribution in [3.8, 4) is 0 Å². The number of benzene rings is 2. The summed E-state index contributed by atoms with van der Waals surface area (Å²) < 4.78 is 67.0. The molecule has 0 bridgehead atoms. The standard InChI is InChI=1S/C22H22F3N5O2S/c1-15-14-20(30-12-4-5-13-30)28-21(26-15)27-16-8-10-17(11-9-16)29-33(31,32)19-7-3-2-6-18(19)22(23,24)25/h2-3,6-11,14,29H,4-5,12-13H2,1H3,(H,26,27,28). The second-order valence-corrected chi connectivity index (χ2v) is 9.34. The quantitative estimate of drug-likeness (QED) is 0.523. The van der Waals surface area contributed by atoms with Crippen LogP contribution in [0, 0.1) is 6.92 Å². The van der Waals surface area contributed by atoms with Gasteiger partial charge in [-0.3, -0.25) is 4.72 Å². The van der Waals surface area contributed by atoms with E-state index >= 15 is 0 Å². The average molecular weight is 478 g/mol. The van der Waals surface area contributed by atoms with Crippen LogP contribution < -0.4 is 14.9 Å². The highest BCUT2D eigenvalue weighted by Gasteiger charge is 2.36. The molecule has 0 saturated carbocycles. The fourth-order valence-corrected chi connectivity index (χ4v) is 4.90. The lowest BCUT2D eigenvalue weighted by atomic mass is 10.2. The number of hydrogen-bond acceptors (Lipinski definition) is 6. The number of aromatic nitrogens is 2. The van der Waals surface area contributed by atoms with E-state index in [1.807, 2.05) is 13.0 Å². The summed E-state index contributed by atoms with van der Waals surface area (Å²) in [5.74, 6) is 1.25. The topological polar surface area (TPSA) is 87.2 Å². The minimum atomic E-state index is -4.79. The van der Waals surface area contributed by atoms with Crippen molar-refractivity contribution >= 4 is 33.2 Å². The smallest absolute Gasteiger partial charge is 0.356 e. The molecule has 33 heavy (non-hydrogen) atoms. The lowest BCUT2D eigenvalue weighted by Gasteiger charge is -2.18. The molecule has 2 heterocycles. The molecule has 0 unspecified atom stereocenters. The Balaban J connectivity index is 1.51. The molecule has 0 atom stereocenters. The minimum Gasteiger partial charge on any atom is -0.356 e. The molecule has 1 aromatic heterocycles. The van der Waals surface area contributed by atoms with Crippen LogP contribution in [0.2, 0.25) is 0 Å². The van der Waals surface area contributed by atoms with Gasteiger partial charge in [0.05, 0.1) is 10.5 Å². The number of nitrogens with one attached hydrogen (secondary N) is 2. The van der Waals surface area contributed by atoms with Crippen LogP contribution in [0.25, 0.3) is 0 Å². The first-order valence-corrected chi connectivity index (χ1v) is 11.8. The van der Waals surface area contributed by atoms with Crippen molar-refractivity contribution in [2.45, 2.75) is 30.8 Å². The second kappa shape index (κ2) is 8.89. The van der Waals surface area contributed by atoms with E-state index in [2.05, 4.69) is 24.9 Å². The first kappa shape index (κ1) is 22.8. The van der Waals surface area contributed by atoms with E-state index < -0.39 is 26.7 Å². The number of rotatable bonds is 6. The first-order valence-electron chi connectivity index (χ1n) is 10.3. The molecular formula is C22H22F3N5O2S. The van der Waals surface area contributed by atoms with Gasteiger partial charge in [0.25, 0.3) is 10.0 Å². The van der Waals surface area contributed by atoms with Gasteiger partial charge in [-0.25, -0.2) is 13.4 Å². The van der Waals surface area contributed by atoms with Crippen LogP contribution in [-0.2, 0) is 16.2 Å². The van der Waals surface area contributed by atoms with Gasteiger partial charge in [-0.1, -0.05) is 12.1 Å². The summed E-state index contributed by atoms with van der Waals surface area (Å²) in [5, 5.41) is 3.08. The van der Waals surface area contributed by atoms with Gasteiger partial charge in [0.2, 0.25) is 5.95 Å². The number of anilines is 4. The van der Waals surface area contributed by atoms with Crippen molar-refractivity contribution in [1.82, 2.24) is 9.97 Å². The summed E-state index contributed by atoms with van der Waals surface area (Å²) >= 11 is 0. The largest absolute Gasteiger partial charge is 0.417 e. The van der Waals surface area contributed by atoms with Gasteiger partial charge in [0, 0.05) is 36.2 Å². The normalized spacial score (nSPS) is 14.4. The van der Waals surface area contributed by atoms with Crippen LogP contribution in [0.3, 0.4) is 0 Å². The molecule has 1 fully saturated rings. The summed E-state index contributed by atoms with van der Waals surface area (Å²) in [6.45, 7) is 3.77. The molecule has 1 saturated heterocycles. The van der Waals surface area contributed by atoms with E-state index in [1.165, 1.54) is 18.2 Å². The molecule has 1 aliphatic rings. The fourth-order valence-electron chi connectivity index (χ4n) is 3.61. The number of halogens is 3. The van der Waals surface area contributed by atoms with Crippen LogP contribution in [0.4, 0.5) is 36.3 Å². The Bertz CT molecular complexity index is 1240. The molecule has 7 nitrogen and oxygen atoms in total. The highest BCUT2D eigenvalue weighted by Crippen LogP contribution is 2.34. The van der Waals surface area contributed by atoms with E-state index in [4.69, 9.17) is 0 Å². The van der Waals surface area contributed by atoms with Gasteiger partial charge >= 0.3 is 6.18 Å². The van der Waals surface area contributed by atoms with Gasteiger partial charge in [-0.2, -0.15) is 18.2 Å². The van der Waals surface area contributed by atoms with Crippen molar-refractivity contribution in [3.05, 3.63) is 65.9 Å². The molecule has 0 radical (unpaired) electrons. The number of sulfonamides is 1. The monoisotopic (exact) mass is 477 g/mol. The molecule has 4 rings (SSSR count). The SMILES string of the molecule is Cc1cc(N2CCCC2)nc(Nc2ccc(NS(=O)(=O)c3ccccc3C(F)(F)F)cc2)n1.